The highest BCUT2D eigenvalue weighted by molar-refractivity contribution is 5.81. The van der Waals surface area contributed by atoms with Crippen molar-refractivity contribution in [1.29, 1.82) is 0 Å². The van der Waals surface area contributed by atoms with Crippen LogP contribution in [-0.2, 0) is 4.79 Å². The van der Waals surface area contributed by atoms with E-state index in [0.717, 1.165) is 25.3 Å². The molecule has 1 aromatic carbocycles. The van der Waals surface area contributed by atoms with Gasteiger partial charge >= 0.3 is 0 Å². The Labute approximate surface area is 151 Å². The standard InChI is InChI=1S/C19H31N5O/c1-4-20-19(22-13-12-21-18(25)16-10-11-16)23-14-17(24(2)3)15-8-6-5-7-9-15/h5-9,16-17H,4,10-14H2,1-3H3,(H,21,25)(H2,20,22,23). The van der Waals surface area contributed by atoms with Gasteiger partial charge < -0.3 is 20.9 Å². The lowest BCUT2D eigenvalue weighted by Crippen LogP contribution is -2.42. The molecule has 1 amide bonds. The minimum Gasteiger partial charge on any atom is -0.357 e. The van der Waals surface area contributed by atoms with Crippen molar-refractivity contribution in [2.75, 3.05) is 40.3 Å². The predicted molar refractivity (Wildman–Crippen MR) is 103 cm³/mol. The van der Waals surface area contributed by atoms with E-state index in [0.29, 0.717) is 19.6 Å². The van der Waals surface area contributed by atoms with E-state index in [4.69, 9.17) is 4.99 Å². The lowest BCUT2D eigenvalue weighted by molar-refractivity contribution is -0.122. The lowest BCUT2D eigenvalue weighted by Gasteiger charge is -2.23. The van der Waals surface area contributed by atoms with E-state index in [1.165, 1.54) is 5.56 Å². The zero-order chi connectivity index (χ0) is 18.1. The summed E-state index contributed by atoms with van der Waals surface area (Å²) in [6.07, 6.45) is 2.07. The summed E-state index contributed by atoms with van der Waals surface area (Å²) in [5, 5.41) is 9.50. The molecule has 1 unspecified atom stereocenters. The number of hydrogen-bond donors (Lipinski definition) is 3. The van der Waals surface area contributed by atoms with E-state index in [2.05, 4.69) is 59.2 Å². The monoisotopic (exact) mass is 345 g/mol. The van der Waals surface area contributed by atoms with E-state index >= 15 is 0 Å². The molecule has 1 aliphatic rings. The highest BCUT2D eigenvalue weighted by atomic mass is 16.2. The molecule has 2 rings (SSSR count). The molecule has 0 aliphatic heterocycles. The Morgan fingerprint density at radius 2 is 1.84 bits per heavy atom. The summed E-state index contributed by atoms with van der Waals surface area (Å²) >= 11 is 0. The Morgan fingerprint density at radius 1 is 1.16 bits per heavy atom. The number of aliphatic imine (C=N–C) groups is 1. The molecule has 1 atom stereocenters. The normalized spacial score (nSPS) is 15.8. The number of carbonyl (C=O) groups excluding carboxylic acids is 1. The van der Waals surface area contributed by atoms with Gasteiger partial charge in [0.1, 0.15) is 0 Å². The summed E-state index contributed by atoms with van der Waals surface area (Å²) in [7, 11) is 4.14. The lowest BCUT2D eigenvalue weighted by atomic mass is 10.1. The van der Waals surface area contributed by atoms with Crippen molar-refractivity contribution in [3.8, 4) is 0 Å². The van der Waals surface area contributed by atoms with Crippen molar-refractivity contribution in [3.63, 3.8) is 0 Å². The largest absolute Gasteiger partial charge is 0.357 e. The molecule has 25 heavy (non-hydrogen) atoms. The fraction of sp³-hybridized carbons (Fsp3) is 0.579. The third kappa shape index (κ3) is 6.74. The maximum Gasteiger partial charge on any atom is 0.223 e. The minimum atomic E-state index is 0.181. The van der Waals surface area contributed by atoms with Gasteiger partial charge in [0.15, 0.2) is 5.96 Å². The minimum absolute atomic E-state index is 0.181. The molecule has 3 N–H and O–H groups in total. The van der Waals surface area contributed by atoms with E-state index in [1.807, 2.05) is 13.0 Å². The van der Waals surface area contributed by atoms with Gasteiger partial charge in [-0.3, -0.25) is 9.79 Å². The van der Waals surface area contributed by atoms with Gasteiger partial charge in [0.2, 0.25) is 5.91 Å². The summed E-state index contributed by atoms with van der Waals surface area (Å²) in [6, 6.07) is 10.6. The fourth-order valence-electron chi connectivity index (χ4n) is 2.62. The third-order valence-electron chi connectivity index (χ3n) is 4.24. The summed E-state index contributed by atoms with van der Waals surface area (Å²) in [5.74, 6) is 1.22. The Kier molecular flexibility index (Phi) is 7.73. The molecule has 0 saturated heterocycles. The molecule has 0 spiro atoms. The Morgan fingerprint density at radius 3 is 2.44 bits per heavy atom. The second kappa shape index (κ2) is 10.0. The van der Waals surface area contributed by atoms with Crippen LogP contribution >= 0.6 is 0 Å². The van der Waals surface area contributed by atoms with Crippen molar-refractivity contribution >= 4 is 11.9 Å². The zero-order valence-corrected chi connectivity index (χ0v) is 15.6. The van der Waals surface area contributed by atoms with Gasteiger partial charge in [-0.1, -0.05) is 30.3 Å². The molecule has 6 heteroatoms. The summed E-state index contributed by atoms with van der Waals surface area (Å²) in [6.45, 7) is 4.81. The number of guanidine groups is 1. The number of benzene rings is 1. The first-order chi connectivity index (χ1) is 12.1. The second-order valence-corrected chi connectivity index (χ2v) is 6.60. The quantitative estimate of drug-likeness (QED) is 0.359. The summed E-state index contributed by atoms with van der Waals surface area (Å²) < 4.78 is 0. The number of amides is 1. The van der Waals surface area contributed by atoms with Gasteiger partial charge in [-0.05, 0) is 39.4 Å². The number of nitrogens with zero attached hydrogens (tertiary/aromatic N) is 2. The molecular formula is C19H31N5O. The van der Waals surface area contributed by atoms with Gasteiger partial charge in [-0.2, -0.15) is 0 Å². The molecule has 1 aromatic rings. The van der Waals surface area contributed by atoms with Gasteiger partial charge in [-0.25, -0.2) is 0 Å². The molecule has 0 heterocycles. The van der Waals surface area contributed by atoms with Gasteiger partial charge in [-0.15, -0.1) is 0 Å². The van der Waals surface area contributed by atoms with E-state index in [-0.39, 0.29) is 17.9 Å². The van der Waals surface area contributed by atoms with Gasteiger partial charge in [0, 0.05) is 25.6 Å². The molecule has 1 saturated carbocycles. The van der Waals surface area contributed by atoms with Crippen molar-refractivity contribution < 1.29 is 4.79 Å². The van der Waals surface area contributed by atoms with Crippen LogP contribution in [-0.4, -0.2) is 57.0 Å². The molecule has 1 fully saturated rings. The number of nitrogens with one attached hydrogen (secondary N) is 3. The van der Waals surface area contributed by atoms with Crippen LogP contribution < -0.4 is 16.0 Å². The molecule has 0 bridgehead atoms. The van der Waals surface area contributed by atoms with Crippen LogP contribution in [0.25, 0.3) is 0 Å². The van der Waals surface area contributed by atoms with Crippen LogP contribution in [0.15, 0.2) is 35.3 Å². The topological polar surface area (TPSA) is 68.8 Å². The first-order valence-corrected chi connectivity index (χ1v) is 9.13. The molecule has 138 valence electrons. The van der Waals surface area contributed by atoms with Crippen molar-refractivity contribution in [2.24, 2.45) is 10.9 Å². The highest BCUT2D eigenvalue weighted by Crippen LogP contribution is 2.28. The summed E-state index contributed by atoms with van der Waals surface area (Å²) in [4.78, 5) is 18.5. The number of likely N-dealkylation sites (N-methyl/N-ethyl adjacent to an activating group) is 1. The van der Waals surface area contributed by atoms with Crippen LogP contribution in [0.1, 0.15) is 31.4 Å². The van der Waals surface area contributed by atoms with Crippen LogP contribution in [0, 0.1) is 5.92 Å². The molecule has 1 aliphatic carbocycles. The Hall–Kier alpha value is -2.08. The number of carbonyl (C=O) groups is 1. The predicted octanol–water partition coefficient (Wildman–Crippen LogP) is 1.37. The smallest absolute Gasteiger partial charge is 0.223 e. The average molecular weight is 345 g/mol. The SMILES string of the molecule is CCNC(=NCC(c1ccccc1)N(C)C)NCCNC(=O)C1CC1. The third-order valence-corrected chi connectivity index (χ3v) is 4.24. The Bertz CT molecular complexity index is 554. The van der Waals surface area contributed by atoms with Crippen molar-refractivity contribution in [2.45, 2.75) is 25.8 Å². The molecule has 6 nitrogen and oxygen atoms in total. The van der Waals surface area contributed by atoms with Crippen molar-refractivity contribution in [1.82, 2.24) is 20.9 Å². The first kappa shape index (κ1) is 19.2. The van der Waals surface area contributed by atoms with Crippen LogP contribution in [0.5, 0.6) is 0 Å². The van der Waals surface area contributed by atoms with E-state index < -0.39 is 0 Å². The van der Waals surface area contributed by atoms with Crippen molar-refractivity contribution in [3.05, 3.63) is 35.9 Å². The van der Waals surface area contributed by atoms with Crippen LogP contribution in [0.2, 0.25) is 0 Å². The average Bonchev–Trinajstić information content (AvgIpc) is 3.44. The fourth-order valence-corrected chi connectivity index (χ4v) is 2.62. The van der Waals surface area contributed by atoms with E-state index in [9.17, 15) is 4.79 Å². The molecule has 0 aromatic heterocycles. The maximum absolute atomic E-state index is 11.6. The van der Waals surface area contributed by atoms with Crippen LogP contribution in [0.4, 0.5) is 0 Å². The van der Waals surface area contributed by atoms with Crippen LogP contribution in [0.3, 0.4) is 0 Å². The maximum atomic E-state index is 11.6. The van der Waals surface area contributed by atoms with E-state index in [1.54, 1.807) is 0 Å². The second-order valence-electron chi connectivity index (χ2n) is 6.60. The first-order valence-electron chi connectivity index (χ1n) is 9.13. The zero-order valence-electron chi connectivity index (χ0n) is 15.6. The highest BCUT2D eigenvalue weighted by Gasteiger charge is 2.28. The summed E-state index contributed by atoms with van der Waals surface area (Å²) in [5.41, 5.74) is 1.25. The van der Waals surface area contributed by atoms with Gasteiger partial charge in [0.05, 0.1) is 12.6 Å². The molecule has 0 radical (unpaired) electrons. The number of rotatable bonds is 9. The molecular weight excluding hydrogens is 314 g/mol. The number of hydrogen-bond acceptors (Lipinski definition) is 3. The Balaban J connectivity index is 1.84. The van der Waals surface area contributed by atoms with Gasteiger partial charge in [0.25, 0.3) is 0 Å².